The van der Waals surface area contributed by atoms with Crippen molar-refractivity contribution in [3.8, 4) is 0 Å². The summed E-state index contributed by atoms with van der Waals surface area (Å²) in [4.78, 5) is 0. The van der Waals surface area contributed by atoms with Gasteiger partial charge in [0.05, 0.1) is 0 Å². The van der Waals surface area contributed by atoms with Gasteiger partial charge in [-0.05, 0) is 120 Å². The molecule has 5 aliphatic carbocycles. The highest BCUT2D eigenvalue weighted by atomic mass is 16.3. The zero-order valence-corrected chi connectivity index (χ0v) is 21.9. The average Bonchev–Trinajstić information content (AvgIpc) is 2.72. The van der Waals surface area contributed by atoms with Crippen LogP contribution in [0.5, 0.6) is 0 Å². The van der Waals surface area contributed by atoms with Crippen LogP contribution in [0.1, 0.15) is 126 Å². The molecule has 0 aromatic carbocycles. The Hall–Kier alpha value is -0.0400. The molecule has 0 aromatic rings. The first-order chi connectivity index (χ1) is 14.4. The van der Waals surface area contributed by atoms with Gasteiger partial charge in [0, 0.05) is 6.61 Å². The zero-order valence-electron chi connectivity index (χ0n) is 21.9. The first-order valence-corrected chi connectivity index (χ1v) is 14.0. The lowest BCUT2D eigenvalue weighted by Crippen LogP contribution is -2.68. The maximum atomic E-state index is 10.7. The molecule has 0 radical (unpaired) electrons. The molecule has 9 atom stereocenters. The molecular weight excluding hydrogens is 376 g/mol. The molecule has 0 aromatic heterocycles. The van der Waals surface area contributed by atoms with Crippen LogP contribution in [0.25, 0.3) is 0 Å². The van der Waals surface area contributed by atoms with E-state index in [1.165, 1.54) is 77.0 Å². The van der Waals surface area contributed by atoms with Crippen molar-refractivity contribution in [3.05, 3.63) is 0 Å². The molecule has 5 rings (SSSR count). The van der Waals surface area contributed by atoms with E-state index in [1.54, 1.807) is 0 Å². The second kappa shape index (κ2) is 6.76. The fourth-order valence-electron chi connectivity index (χ4n) is 11.5. The molecule has 0 unspecified atom stereocenters. The second-order valence-electron chi connectivity index (χ2n) is 15.3. The Morgan fingerprint density at radius 2 is 1.32 bits per heavy atom. The third-order valence-corrected chi connectivity index (χ3v) is 13.8. The first kappa shape index (κ1) is 22.7. The summed E-state index contributed by atoms with van der Waals surface area (Å²) in [5.41, 5.74) is 2.69. The molecule has 0 aliphatic heterocycles. The van der Waals surface area contributed by atoms with E-state index in [2.05, 4.69) is 48.5 Å². The van der Waals surface area contributed by atoms with Crippen LogP contribution >= 0.6 is 0 Å². The molecule has 31 heavy (non-hydrogen) atoms. The van der Waals surface area contributed by atoms with E-state index in [-0.39, 0.29) is 5.41 Å². The van der Waals surface area contributed by atoms with Gasteiger partial charge in [-0.1, -0.05) is 61.3 Å². The number of fused-ring (bicyclic) bond motifs is 7. The van der Waals surface area contributed by atoms with Gasteiger partial charge >= 0.3 is 0 Å². The minimum atomic E-state index is 0.212. The van der Waals surface area contributed by atoms with Crippen LogP contribution in [0.4, 0.5) is 0 Å². The van der Waals surface area contributed by atoms with E-state index in [1.807, 2.05) is 0 Å². The normalized spacial score (nSPS) is 58.5. The molecule has 5 saturated carbocycles. The van der Waals surface area contributed by atoms with E-state index >= 15 is 0 Å². The molecule has 0 heterocycles. The van der Waals surface area contributed by atoms with Crippen LogP contribution in [0.3, 0.4) is 0 Å². The molecule has 5 aliphatic rings. The molecule has 5 fully saturated rings. The lowest BCUT2D eigenvalue weighted by atomic mass is 9.30. The number of rotatable bonds is 1. The minimum absolute atomic E-state index is 0.212. The van der Waals surface area contributed by atoms with Gasteiger partial charge in [-0.25, -0.2) is 0 Å². The van der Waals surface area contributed by atoms with Crippen molar-refractivity contribution in [1.29, 1.82) is 0 Å². The van der Waals surface area contributed by atoms with Gasteiger partial charge in [0.15, 0.2) is 0 Å². The molecule has 1 heteroatoms. The van der Waals surface area contributed by atoms with Crippen LogP contribution < -0.4 is 0 Å². The highest BCUT2D eigenvalue weighted by molar-refractivity contribution is 5.19. The summed E-state index contributed by atoms with van der Waals surface area (Å²) in [7, 11) is 0. The molecule has 1 N–H and O–H groups in total. The fourth-order valence-corrected chi connectivity index (χ4v) is 11.5. The Bertz CT molecular complexity index is 726. The van der Waals surface area contributed by atoms with Crippen LogP contribution in [0, 0.1) is 56.2 Å². The third kappa shape index (κ3) is 2.77. The van der Waals surface area contributed by atoms with E-state index in [4.69, 9.17) is 0 Å². The van der Waals surface area contributed by atoms with E-state index in [9.17, 15) is 5.11 Å². The summed E-state index contributed by atoms with van der Waals surface area (Å²) in [5.74, 6) is 3.18. The van der Waals surface area contributed by atoms with Gasteiger partial charge in [0.2, 0.25) is 0 Å². The van der Waals surface area contributed by atoms with Gasteiger partial charge < -0.3 is 5.11 Å². The van der Waals surface area contributed by atoms with Crippen molar-refractivity contribution >= 4 is 0 Å². The summed E-state index contributed by atoms with van der Waals surface area (Å²) < 4.78 is 0. The molecule has 0 saturated heterocycles. The molecule has 1 nitrogen and oxygen atoms in total. The van der Waals surface area contributed by atoms with E-state index in [0.717, 1.165) is 17.8 Å². The van der Waals surface area contributed by atoms with Crippen LogP contribution in [-0.4, -0.2) is 11.7 Å². The number of hydrogen-bond donors (Lipinski definition) is 1. The second-order valence-corrected chi connectivity index (χ2v) is 15.3. The number of aliphatic hydroxyl groups excluding tert-OH is 1. The summed E-state index contributed by atoms with van der Waals surface area (Å²) >= 11 is 0. The van der Waals surface area contributed by atoms with Crippen molar-refractivity contribution < 1.29 is 5.11 Å². The van der Waals surface area contributed by atoms with E-state index < -0.39 is 0 Å². The highest BCUT2D eigenvalue weighted by Crippen LogP contribution is 2.78. The minimum Gasteiger partial charge on any atom is -0.396 e. The SMILES string of the molecule is C[C@H]1CCC[C@H]2[C@]3(C)CC[C@@]4(C)[C@@H]5CC(C)(C)CC[C@]5(C)CC[C@]4(C)[C@H]3CC[C@]12CO. The van der Waals surface area contributed by atoms with Crippen molar-refractivity contribution in [3.63, 3.8) is 0 Å². The Morgan fingerprint density at radius 3 is 2.03 bits per heavy atom. The van der Waals surface area contributed by atoms with Crippen LogP contribution in [-0.2, 0) is 0 Å². The van der Waals surface area contributed by atoms with E-state index in [0.29, 0.717) is 39.6 Å². The predicted octanol–water partition coefficient (Wildman–Crippen LogP) is 8.25. The summed E-state index contributed by atoms with van der Waals surface area (Å²) in [6.07, 6.45) is 16.8. The van der Waals surface area contributed by atoms with Gasteiger partial charge in [-0.15, -0.1) is 0 Å². The monoisotopic (exact) mass is 428 g/mol. The third-order valence-electron chi connectivity index (χ3n) is 13.8. The molecule has 178 valence electrons. The fraction of sp³-hybridized carbons (Fsp3) is 1.00. The smallest absolute Gasteiger partial charge is 0.0492 e. The molecule has 0 spiro atoms. The first-order valence-electron chi connectivity index (χ1n) is 14.0. The van der Waals surface area contributed by atoms with Crippen LogP contribution in [0.2, 0.25) is 0 Å². The molecular formula is C30H52O. The van der Waals surface area contributed by atoms with Gasteiger partial charge in [0.25, 0.3) is 0 Å². The maximum absolute atomic E-state index is 10.7. The largest absolute Gasteiger partial charge is 0.396 e. The lowest BCUT2D eigenvalue weighted by Gasteiger charge is -2.75. The van der Waals surface area contributed by atoms with Gasteiger partial charge in [-0.3, -0.25) is 0 Å². The zero-order chi connectivity index (χ0) is 22.5. The lowest BCUT2D eigenvalue weighted by molar-refractivity contribution is -0.263. The molecule has 0 bridgehead atoms. The molecule has 0 amide bonds. The van der Waals surface area contributed by atoms with Crippen molar-refractivity contribution in [2.24, 2.45) is 56.2 Å². The van der Waals surface area contributed by atoms with Crippen LogP contribution in [0.15, 0.2) is 0 Å². The average molecular weight is 429 g/mol. The summed E-state index contributed by atoms with van der Waals surface area (Å²) in [6.45, 7) is 18.9. The summed E-state index contributed by atoms with van der Waals surface area (Å²) in [5, 5.41) is 10.7. The quantitative estimate of drug-likeness (QED) is 0.445. The highest BCUT2D eigenvalue weighted by Gasteiger charge is 2.70. The van der Waals surface area contributed by atoms with Gasteiger partial charge in [0.1, 0.15) is 0 Å². The Morgan fingerprint density at radius 1 is 0.677 bits per heavy atom. The summed E-state index contributed by atoms with van der Waals surface area (Å²) in [6, 6.07) is 0. The topological polar surface area (TPSA) is 20.2 Å². The van der Waals surface area contributed by atoms with Gasteiger partial charge in [-0.2, -0.15) is 0 Å². The van der Waals surface area contributed by atoms with Crippen molar-refractivity contribution in [2.45, 2.75) is 126 Å². The predicted molar refractivity (Wildman–Crippen MR) is 131 cm³/mol. The maximum Gasteiger partial charge on any atom is 0.0492 e. The Balaban J connectivity index is 1.55. The number of hydrogen-bond acceptors (Lipinski definition) is 1. The Kier molecular flexibility index (Phi) is 4.96. The number of aliphatic hydroxyl groups is 1. The van der Waals surface area contributed by atoms with Crippen molar-refractivity contribution in [1.82, 2.24) is 0 Å². The Labute approximate surface area is 193 Å². The van der Waals surface area contributed by atoms with Crippen molar-refractivity contribution in [2.75, 3.05) is 6.61 Å². The standard InChI is InChI=1S/C30H52O/c1-21-9-8-10-23-27(5)16-18-29(7)24-19-25(2,3)13-14-26(24,4)15-17-28(29,6)22(27)11-12-30(21,23)20-31/h21-24,31H,8-20H2,1-7H3/t21-,22-,23-,24+,26+,27+,28+,29-,30-/m0/s1.